The number of rotatable bonds is 4. The molecule has 0 saturated carbocycles. The van der Waals surface area contributed by atoms with E-state index < -0.39 is 0 Å². The summed E-state index contributed by atoms with van der Waals surface area (Å²) in [6.07, 6.45) is 1.82. The first-order chi connectivity index (χ1) is 14.0. The Balaban J connectivity index is 1.55. The second-order valence-electron chi connectivity index (χ2n) is 7.47. The van der Waals surface area contributed by atoms with Gasteiger partial charge < -0.3 is 14.8 Å². The highest BCUT2D eigenvalue weighted by Gasteiger charge is 2.34. The summed E-state index contributed by atoms with van der Waals surface area (Å²) >= 11 is 6.01. The number of halogens is 1. The van der Waals surface area contributed by atoms with Gasteiger partial charge in [0.15, 0.2) is 5.82 Å². The van der Waals surface area contributed by atoms with Crippen LogP contribution in [0.3, 0.4) is 0 Å². The van der Waals surface area contributed by atoms with E-state index in [0.29, 0.717) is 18.1 Å². The Morgan fingerprint density at radius 2 is 1.83 bits per heavy atom. The number of benzene rings is 2. The maximum atomic E-state index is 12.9. The number of carbonyl (C=O) groups excluding carboxylic acids is 1. The molecule has 3 aromatic rings. The van der Waals surface area contributed by atoms with Crippen LogP contribution >= 0.6 is 11.6 Å². The van der Waals surface area contributed by atoms with E-state index in [0.717, 1.165) is 41.3 Å². The molecule has 0 radical (unpaired) electrons. The van der Waals surface area contributed by atoms with Gasteiger partial charge in [0.1, 0.15) is 5.82 Å². The minimum absolute atomic E-state index is 0.0889. The van der Waals surface area contributed by atoms with Gasteiger partial charge in [0, 0.05) is 17.3 Å². The van der Waals surface area contributed by atoms with Gasteiger partial charge in [-0.25, -0.2) is 4.79 Å². The molecule has 6 nitrogen and oxygen atoms in total. The largest absolute Gasteiger partial charge is 0.322 e. The van der Waals surface area contributed by atoms with E-state index in [1.165, 1.54) is 0 Å². The maximum Gasteiger partial charge on any atom is 0.322 e. The van der Waals surface area contributed by atoms with Crippen LogP contribution in [0.25, 0.3) is 0 Å². The second kappa shape index (κ2) is 8.25. The third-order valence-electron chi connectivity index (χ3n) is 5.33. The zero-order valence-corrected chi connectivity index (χ0v) is 17.4. The van der Waals surface area contributed by atoms with E-state index in [1.54, 1.807) is 0 Å². The zero-order chi connectivity index (χ0) is 20.4. The predicted molar refractivity (Wildman–Crippen MR) is 114 cm³/mol. The Bertz CT molecular complexity index is 997. The molecule has 29 heavy (non-hydrogen) atoms. The molecule has 1 N–H and O–H groups in total. The third kappa shape index (κ3) is 4.27. The lowest BCUT2D eigenvalue weighted by Crippen LogP contribution is -2.35. The Labute approximate surface area is 175 Å². The Kier molecular flexibility index (Phi) is 5.53. The number of anilines is 1. The number of likely N-dealkylation sites (tertiary alicyclic amines) is 1. The van der Waals surface area contributed by atoms with Gasteiger partial charge in [-0.05, 0) is 56.5 Å². The molecule has 1 aromatic heterocycles. The van der Waals surface area contributed by atoms with E-state index >= 15 is 0 Å². The van der Waals surface area contributed by atoms with E-state index in [2.05, 4.69) is 20.1 Å². The maximum absolute atomic E-state index is 12.9. The summed E-state index contributed by atoms with van der Waals surface area (Å²) in [7, 11) is 0. The predicted octanol–water partition coefficient (Wildman–Crippen LogP) is 4.97. The molecule has 1 fully saturated rings. The van der Waals surface area contributed by atoms with Crippen LogP contribution in [-0.2, 0) is 6.54 Å². The van der Waals surface area contributed by atoms with Gasteiger partial charge in [-0.2, -0.15) is 0 Å². The summed E-state index contributed by atoms with van der Waals surface area (Å²) < 4.78 is 2.09. The average Bonchev–Trinajstić information content (AvgIpc) is 3.33. The second-order valence-corrected chi connectivity index (χ2v) is 7.90. The number of carbonyl (C=O) groups is 1. The van der Waals surface area contributed by atoms with Crippen molar-refractivity contribution in [3.63, 3.8) is 0 Å². The molecule has 0 aliphatic carbocycles. The van der Waals surface area contributed by atoms with E-state index in [1.807, 2.05) is 67.3 Å². The Morgan fingerprint density at radius 3 is 2.55 bits per heavy atom. The van der Waals surface area contributed by atoms with Gasteiger partial charge in [0.2, 0.25) is 0 Å². The molecule has 2 amide bonds. The lowest BCUT2D eigenvalue weighted by atomic mass is 10.2. The first-order valence-electron chi connectivity index (χ1n) is 9.80. The van der Waals surface area contributed by atoms with Crippen molar-refractivity contribution in [1.82, 2.24) is 19.7 Å². The number of aromatic nitrogens is 3. The Morgan fingerprint density at radius 1 is 1.10 bits per heavy atom. The first kappa shape index (κ1) is 19.5. The van der Waals surface area contributed by atoms with E-state index in [4.69, 9.17) is 11.6 Å². The first-order valence-corrected chi connectivity index (χ1v) is 10.2. The molecule has 1 saturated heterocycles. The number of urea groups is 1. The van der Waals surface area contributed by atoms with Gasteiger partial charge in [0.05, 0.1) is 12.6 Å². The highest BCUT2D eigenvalue weighted by Crippen LogP contribution is 2.32. The van der Waals surface area contributed by atoms with Gasteiger partial charge in [-0.3, -0.25) is 0 Å². The van der Waals surface area contributed by atoms with Gasteiger partial charge in [-0.1, -0.05) is 41.4 Å². The number of nitrogens with one attached hydrogen (secondary N) is 1. The van der Waals surface area contributed by atoms with Crippen LogP contribution in [-0.4, -0.2) is 32.2 Å². The monoisotopic (exact) mass is 409 g/mol. The normalized spacial score (nSPS) is 16.2. The minimum atomic E-state index is -0.102. The van der Waals surface area contributed by atoms with Crippen LogP contribution in [0.1, 0.15) is 41.7 Å². The number of nitrogens with zero attached hydrogens (tertiary/aromatic N) is 4. The topological polar surface area (TPSA) is 63.1 Å². The molecular formula is C22H24ClN5O. The summed E-state index contributed by atoms with van der Waals surface area (Å²) in [5.41, 5.74) is 3.07. The van der Waals surface area contributed by atoms with Gasteiger partial charge in [-0.15, -0.1) is 10.2 Å². The molecule has 1 aliphatic heterocycles. The molecule has 2 aromatic carbocycles. The smallest absolute Gasteiger partial charge is 0.314 e. The highest BCUT2D eigenvalue weighted by molar-refractivity contribution is 6.30. The average molecular weight is 410 g/mol. The molecule has 1 aliphatic rings. The quantitative estimate of drug-likeness (QED) is 0.662. The Hall–Kier alpha value is -2.86. The van der Waals surface area contributed by atoms with Crippen molar-refractivity contribution in [2.24, 2.45) is 0 Å². The lowest BCUT2D eigenvalue weighted by Gasteiger charge is -2.25. The molecule has 4 rings (SSSR count). The third-order valence-corrected chi connectivity index (χ3v) is 5.58. The number of hydrogen-bond acceptors (Lipinski definition) is 3. The summed E-state index contributed by atoms with van der Waals surface area (Å²) in [4.78, 5) is 14.8. The molecule has 1 atom stereocenters. The minimum Gasteiger partial charge on any atom is -0.314 e. The molecular weight excluding hydrogens is 386 g/mol. The van der Waals surface area contributed by atoms with Crippen LogP contribution in [0.5, 0.6) is 0 Å². The number of aryl methyl sites for hydroxylation is 2. The van der Waals surface area contributed by atoms with Crippen molar-refractivity contribution in [3.05, 3.63) is 76.3 Å². The van der Waals surface area contributed by atoms with Crippen molar-refractivity contribution < 1.29 is 4.79 Å². The molecule has 7 heteroatoms. The van der Waals surface area contributed by atoms with Gasteiger partial charge in [0.25, 0.3) is 0 Å². The molecule has 150 valence electrons. The summed E-state index contributed by atoms with van der Waals surface area (Å²) in [6.45, 7) is 5.32. The summed E-state index contributed by atoms with van der Waals surface area (Å²) in [5, 5.41) is 12.4. The fourth-order valence-corrected chi connectivity index (χ4v) is 3.85. The van der Waals surface area contributed by atoms with Crippen molar-refractivity contribution >= 4 is 23.3 Å². The van der Waals surface area contributed by atoms with Crippen LogP contribution in [0, 0.1) is 13.8 Å². The van der Waals surface area contributed by atoms with Crippen LogP contribution < -0.4 is 5.32 Å². The van der Waals surface area contributed by atoms with Crippen molar-refractivity contribution in [1.29, 1.82) is 0 Å². The van der Waals surface area contributed by atoms with E-state index in [-0.39, 0.29) is 12.1 Å². The number of amides is 2. The van der Waals surface area contributed by atoms with Crippen molar-refractivity contribution in [2.45, 2.75) is 39.3 Å². The SMILES string of the molecule is Cc1ccc(NC(=O)N2CCC[C@@H]2c2nnc(C)n2Cc2ccc(Cl)cc2)cc1. The van der Waals surface area contributed by atoms with Crippen LogP contribution in [0.2, 0.25) is 5.02 Å². The summed E-state index contributed by atoms with van der Waals surface area (Å²) in [5.74, 6) is 1.66. The van der Waals surface area contributed by atoms with Crippen molar-refractivity contribution in [3.8, 4) is 0 Å². The highest BCUT2D eigenvalue weighted by atomic mass is 35.5. The lowest BCUT2D eigenvalue weighted by molar-refractivity contribution is 0.204. The fourth-order valence-electron chi connectivity index (χ4n) is 3.72. The van der Waals surface area contributed by atoms with Gasteiger partial charge >= 0.3 is 6.03 Å². The number of hydrogen-bond donors (Lipinski definition) is 1. The molecule has 0 spiro atoms. The standard InChI is InChI=1S/C22H24ClN5O/c1-15-5-11-19(12-6-15)24-22(29)27-13-3-4-20(27)21-26-25-16(2)28(21)14-17-7-9-18(23)10-8-17/h5-12,20H,3-4,13-14H2,1-2H3,(H,24,29)/t20-/m1/s1. The van der Waals surface area contributed by atoms with Crippen molar-refractivity contribution in [2.75, 3.05) is 11.9 Å². The van der Waals surface area contributed by atoms with Crippen LogP contribution in [0.15, 0.2) is 48.5 Å². The fraction of sp³-hybridized carbons (Fsp3) is 0.318. The summed E-state index contributed by atoms with van der Waals surface area (Å²) in [6, 6.07) is 15.4. The zero-order valence-electron chi connectivity index (χ0n) is 16.6. The molecule has 0 unspecified atom stereocenters. The van der Waals surface area contributed by atoms with Crippen LogP contribution in [0.4, 0.5) is 10.5 Å². The van der Waals surface area contributed by atoms with E-state index in [9.17, 15) is 4.79 Å². The molecule has 0 bridgehead atoms. The molecule has 2 heterocycles.